The molecular formula is C22H25N3O5S. The molecule has 1 aromatic heterocycles. The lowest BCUT2D eigenvalue weighted by Gasteiger charge is -2.20. The van der Waals surface area contributed by atoms with Crippen molar-refractivity contribution in [2.24, 2.45) is 0 Å². The molecule has 1 saturated heterocycles. The number of amides is 1. The maximum absolute atomic E-state index is 12.7. The van der Waals surface area contributed by atoms with Gasteiger partial charge in [-0.05, 0) is 30.5 Å². The van der Waals surface area contributed by atoms with Crippen molar-refractivity contribution in [3.8, 4) is 0 Å². The Bertz CT molecular complexity index is 1220. The fourth-order valence-electron chi connectivity index (χ4n) is 3.78. The van der Waals surface area contributed by atoms with Gasteiger partial charge in [0.2, 0.25) is 15.9 Å². The Morgan fingerprint density at radius 2 is 1.71 bits per heavy atom. The summed E-state index contributed by atoms with van der Waals surface area (Å²) in [6.07, 6.45) is 4.13. The highest BCUT2D eigenvalue weighted by atomic mass is 32.2. The molecule has 164 valence electrons. The third-order valence-corrected chi connectivity index (χ3v) is 6.91. The molecule has 8 nitrogen and oxygen atoms in total. The van der Waals surface area contributed by atoms with Crippen LogP contribution in [0.1, 0.15) is 31.2 Å². The molecule has 1 amide bonds. The van der Waals surface area contributed by atoms with E-state index in [1.54, 1.807) is 4.90 Å². The lowest BCUT2D eigenvalue weighted by molar-refractivity contribution is -0.131. The first kappa shape index (κ1) is 21.3. The van der Waals surface area contributed by atoms with E-state index in [2.05, 4.69) is 4.72 Å². The highest BCUT2D eigenvalue weighted by Crippen LogP contribution is 2.19. The number of nitrogens with one attached hydrogen (secondary N) is 1. The number of carbonyl (C=O) groups excluding carboxylic acids is 1. The Hall–Kier alpha value is -2.91. The minimum absolute atomic E-state index is 0.00400. The standard InChI is InChI=1S/C22H25N3O5S/c26-21(24-12-6-1-2-7-13-24)16-25-19-11-10-18(14-20(19)30-22(25)27)31(28,29)23-15-17-8-4-3-5-9-17/h3-5,8-11,14,23H,1-2,6-7,12-13,15-16H2. The van der Waals surface area contributed by atoms with E-state index in [9.17, 15) is 18.0 Å². The van der Waals surface area contributed by atoms with Crippen molar-refractivity contribution in [1.82, 2.24) is 14.2 Å². The molecule has 1 N–H and O–H groups in total. The second-order valence-electron chi connectivity index (χ2n) is 7.69. The molecule has 1 fully saturated rings. The van der Waals surface area contributed by atoms with Gasteiger partial charge in [0.1, 0.15) is 6.54 Å². The van der Waals surface area contributed by atoms with Gasteiger partial charge in [0.25, 0.3) is 0 Å². The van der Waals surface area contributed by atoms with Crippen LogP contribution in [0.2, 0.25) is 0 Å². The summed E-state index contributed by atoms with van der Waals surface area (Å²) in [6, 6.07) is 13.4. The maximum atomic E-state index is 12.7. The van der Waals surface area contributed by atoms with Crippen molar-refractivity contribution < 1.29 is 17.6 Å². The average molecular weight is 444 g/mol. The van der Waals surface area contributed by atoms with E-state index in [-0.39, 0.29) is 29.5 Å². The van der Waals surface area contributed by atoms with Gasteiger partial charge in [0.05, 0.1) is 10.4 Å². The minimum atomic E-state index is -3.79. The topological polar surface area (TPSA) is 102 Å². The Labute approximate surface area is 180 Å². The van der Waals surface area contributed by atoms with E-state index in [1.165, 1.54) is 22.8 Å². The third kappa shape index (κ3) is 4.88. The van der Waals surface area contributed by atoms with Crippen molar-refractivity contribution in [3.63, 3.8) is 0 Å². The van der Waals surface area contributed by atoms with Gasteiger partial charge in [-0.1, -0.05) is 43.2 Å². The minimum Gasteiger partial charge on any atom is -0.408 e. The highest BCUT2D eigenvalue weighted by molar-refractivity contribution is 7.89. The van der Waals surface area contributed by atoms with Crippen LogP contribution in [0.5, 0.6) is 0 Å². The number of carbonyl (C=O) groups is 1. The molecule has 1 aliphatic rings. The van der Waals surface area contributed by atoms with Gasteiger partial charge >= 0.3 is 5.76 Å². The highest BCUT2D eigenvalue weighted by Gasteiger charge is 2.21. The molecule has 0 saturated carbocycles. The number of fused-ring (bicyclic) bond motifs is 1. The molecule has 9 heteroatoms. The Morgan fingerprint density at radius 3 is 2.42 bits per heavy atom. The largest absolute Gasteiger partial charge is 0.420 e. The van der Waals surface area contributed by atoms with Gasteiger partial charge in [0.15, 0.2) is 5.58 Å². The second kappa shape index (κ2) is 9.07. The molecule has 4 rings (SSSR count). The Balaban J connectivity index is 1.53. The number of benzene rings is 2. The van der Waals surface area contributed by atoms with Crippen LogP contribution in [0.3, 0.4) is 0 Å². The smallest absolute Gasteiger partial charge is 0.408 e. The molecule has 3 aromatic rings. The molecule has 0 unspecified atom stereocenters. The van der Waals surface area contributed by atoms with Crippen LogP contribution in [0.25, 0.3) is 11.1 Å². The first-order valence-corrected chi connectivity index (χ1v) is 11.9. The summed E-state index contributed by atoms with van der Waals surface area (Å²) in [6.45, 7) is 1.42. The van der Waals surface area contributed by atoms with Crippen LogP contribution >= 0.6 is 0 Å². The summed E-state index contributed by atoms with van der Waals surface area (Å²) in [7, 11) is -3.79. The fraction of sp³-hybridized carbons (Fsp3) is 0.364. The number of nitrogens with zero attached hydrogens (tertiary/aromatic N) is 2. The molecule has 0 radical (unpaired) electrons. The Morgan fingerprint density at radius 1 is 1.00 bits per heavy atom. The second-order valence-corrected chi connectivity index (χ2v) is 9.46. The summed E-state index contributed by atoms with van der Waals surface area (Å²) in [5.74, 6) is -0.808. The summed E-state index contributed by atoms with van der Waals surface area (Å²) in [5.41, 5.74) is 1.36. The SMILES string of the molecule is O=C(Cn1c(=O)oc2cc(S(=O)(=O)NCc3ccccc3)ccc21)N1CCCCCC1. The van der Waals surface area contributed by atoms with Crippen molar-refractivity contribution in [3.05, 3.63) is 64.6 Å². The number of sulfonamides is 1. The zero-order chi connectivity index (χ0) is 21.8. The monoisotopic (exact) mass is 443 g/mol. The van der Waals surface area contributed by atoms with Gasteiger partial charge in [0, 0.05) is 25.7 Å². The van der Waals surface area contributed by atoms with E-state index in [1.807, 2.05) is 30.3 Å². The number of hydrogen-bond donors (Lipinski definition) is 1. The van der Waals surface area contributed by atoms with E-state index in [0.29, 0.717) is 18.6 Å². The number of rotatable bonds is 6. The predicted molar refractivity (Wildman–Crippen MR) is 116 cm³/mol. The third-order valence-electron chi connectivity index (χ3n) is 5.51. The summed E-state index contributed by atoms with van der Waals surface area (Å²) in [5, 5.41) is 0. The molecular weight excluding hydrogens is 418 g/mol. The summed E-state index contributed by atoms with van der Waals surface area (Å²) in [4.78, 5) is 26.8. The molecule has 0 bridgehead atoms. The number of likely N-dealkylation sites (tertiary alicyclic amines) is 1. The van der Waals surface area contributed by atoms with Gasteiger partial charge in [-0.2, -0.15) is 0 Å². The van der Waals surface area contributed by atoms with E-state index in [4.69, 9.17) is 4.42 Å². The lowest BCUT2D eigenvalue weighted by Crippen LogP contribution is -2.36. The zero-order valence-corrected chi connectivity index (χ0v) is 17.9. The van der Waals surface area contributed by atoms with Gasteiger partial charge in [-0.3, -0.25) is 9.36 Å². The molecule has 0 spiro atoms. The summed E-state index contributed by atoms with van der Waals surface area (Å²) < 4.78 is 34.4. The molecule has 1 aliphatic heterocycles. The number of aromatic nitrogens is 1. The normalized spacial score (nSPS) is 15.2. The lowest BCUT2D eigenvalue weighted by atomic mass is 10.2. The van der Waals surface area contributed by atoms with Crippen LogP contribution in [-0.2, 0) is 27.9 Å². The van der Waals surface area contributed by atoms with Crippen molar-refractivity contribution in [2.45, 2.75) is 43.7 Å². The quantitative estimate of drug-likeness (QED) is 0.631. The molecule has 2 heterocycles. The predicted octanol–water partition coefficient (Wildman–Crippen LogP) is 2.48. The Kier molecular flexibility index (Phi) is 6.24. The van der Waals surface area contributed by atoms with Gasteiger partial charge < -0.3 is 9.32 Å². The van der Waals surface area contributed by atoms with E-state index in [0.717, 1.165) is 31.2 Å². The van der Waals surface area contributed by atoms with Crippen LogP contribution < -0.4 is 10.5 Å². The number of oxazole rings is 1. The van der Waals surface area contributed by atoms with Crippen LogP contribution in [0.4, 0.5) is 0 Å². The van der Waals surface area contributed by atoms with Crippen LogP contribution in [-0.4, -0.2) is 36.9 Å². The average Bonchev–Trinajstić information content (AvgIpc) is 2.94. The molecule has 0 atom stereocenters. The van der Waals surface area contributed by atoms with Gasteiger partial charge in [-0.25, -0.2) is 17.9 Å². The first-order chi connectivity index (χ1) is 14.9. The van der Waals surface area contributed by atoms with E-state index < -0.39 is 15.8 Å². The maximum Gasteiger partial charge on any atom is 0.420 e. The molecule has 2 aromatic carbocycles. The zero-order valence-electron chi connectivity index (χ0n) is 17.1. The number of hydrogen-bond acceptors (Lipinski definition) is 5. The van der Waals surface area contributed by atoms with Crippen LogP contribution in [0, 0.1) is 0 Å². The molecule has 31 heavy (non-hydrogen) atoms. The van der Waals surface area contributed by atoms with Crippen molar-refractivity contribution >= 4 is 27.0 Å². The first-order valence-electron chi connectivity index (χ1n) is 10.4. The van der Waals surface area contributed by atoms with E-state index >= 15 is 0 Å². The van der Waals surface area contributed by atoms with Crippen molar-refractivity contribution in [2.75, 3.05) is 13.1 Å². The van der Waals surface area contributed by atoms with Crippen LogP contribution in [0.15, 0.2) is 62.6 Å². The fourth-order valence-corrected chi connectivity index (χ4v) is 4.81. The van der Waals surface area contributed by atoms with Gasteiger partial charge in [-0.15, -0.1) is 0 Å². The van der Waals surface area contributed by atoms with Crippen molar-refractivity contribution in [1.29, 1.82) is 0 Å². The summed E-state index contributed by atoms with van der Waals surface area (Å²) >= 11 is 0. The molecule has 0 aliphatic carbocycles.